The summed E-state index contributed by atoms with van der Waals surface area (Å²) in [7, 11) is 3.69. The van der Waals surface area contributed by atoms with Crippen LogP contribution in [0, 0.1) is 0 Å². The largest absolute Gasteiger partial charge is 0.383 e. The SMILES string of the molecule is CC(=O)Nc1cccc(C(=O)/C=C\N(C)C)c1. The van der Waals surface area contributed by atoms with E-state index >= 15 is 0 Å². The second kappa shape index (κ2) is 5.84. The van der Waals surface area contributed by atoms with Crippen LogP contribution < -0.4 is 5.32 Å². The monoisotopic (exact) mass is 232 g/mol. The first-order chi connectivity index (χ1) is 7.99. The highest BCUT2D eigenvalue weighted by Crippen LogP contribution is 2.11. The van der Waals surface area contributed by atoms with Gasteiger partial charge >= 0.3 is 0 Å². The molecule has 17 heavy (non-hydrogen) atoms. The maximum Gasteiger partial charge on any atom is 0.221 e. The Bertz CT molecular complexity index is 450. The number of carbonyl (C=O) groups is 2. The van der Waals surface area contributed by atoms with Crippen molar-refractivity contribution in [3.8, 4) is 0 Å². The second-order valence-corrected chi connectivity index (χ2v) is 3.91. The Hall–Kier alpha value is -2.10. The lowest BCUT2D eigenvalue weighted by molar-refractivity contribution is -0.114. The van der Waals surface area contributed by atoms with E-state index in [0.717, 1.165) is 0 Å². The molecule has 0 unspecified atom stereocenters. The van der Waals surface area contributed by atoms with Crippen LogP contribution in [-0.4, -0.2) is 30.7 Å². The molecule has 90 valence electrons. The molecule has 0 saturated carbocycles. The molecule has 0 aliphatic carbocycles. The predicted molar refractivity (Wildman–Crippen MR) is 67.9 cm³/mol. The number of nitrogens with one attached hydrogen (secondary N) is 1. The van der Waals surface area contributed by atoms with Gasteiger partial charge in [0.05, 0.1) is 0 Å². The Balaban J connectivity index is 2.84. The lowest BCUT2D eigenvalue weighted by Crippen LogP contribution is -2.07. The summed E-state index contributed by atoms with van der Waals surface area (Å²) in [6.45, 7) is 1.43. The number of nitrogens with zero attached hydrogens (tertiary/aromatic N) is 1. The molecule has 1 amide bonds. The van der Waals surface area contributed by atoms with Crippen molar-refractivity contribution in [2.45, 2.75) is 6.92 Å². The van der Waals surface area contributed by atoms with Crippen LogP contribution in [0.4, 0.5) is 5.69 Å². The van der Waals surface area contributed by atoms with Gasteiger partial charge in [0, 0.05) is 44.5 Å². The summed E-state index contributed by atoms with van der Waals surface area (Å²) >= 11 is 0. The minimum absolute atomic E-state index is 0.0918. The molecule has 0 fully saturated rings. The fourth-order valence-electron chi connectivity index (χ4n) is 1.27. The van der Waals surface area contributed by atoms with E-state index in [-0.39, 0.29) is 11.7 Å². The highest BCUT2D eigenvalue weighted by molar-refractivity contribution is 6.05. The average Bonchev–Trinajstić information content (AvgIpc) is 2.25. The topological polar surface area (TPSA) is 49.4 Å². The Morgan fingerprint density at radius 1 is 1.29 bits per heavy atom. The molecule has 0 aliphatic rings. The summed E-state index contributed by atoms with van der Waals surface area (Å²) < 4.78 is 0. The molecule has 0 saturated heterocycles. The van der Waals surface area contributed by atoms with Gasteiger partial charge < -0.3 is 10.2 Å². The molecule has 1 aromatic carbocycles. The van der Waals surface area contributed by atoms with Crippen LogP contribution in [0.5, 0.6) is 0 Å². The number of hydrogen-bond acceptors (Lipinski definition) is 3. The maximum atomic E-state index is 11.8. The van der Waals surface area contributed by atoms with Crippen molar-refractivity contribution in [2.24, 2.45) is 0 Å². The summed E-state index contributed by atoms with van der Waals surface area (Å²) in [6, 6.07) is 6.85. The van der Waals surface area contributed by atoms with Gasteiger partial charge in [-0.25, -0.2) is 0 Å². The minimum Gasteiger partial charge on any atom is -0.383 e. The quantitative estimate of drug-likeness (QED) is 0.637. The lowest BCUT2D eigenvalue weighted by Gasteiger charge is -2.05. The van der Waals surface area contributed by atoms with Crippen molar-refractivity contribution < 1.29 is 9.59 Å². The third-order valence-corrected chi connectivity index (χ3v) is 1.99. The number of allylic oxidation sites excluding steroid dienone is 1. The molecule has 4 heteroatoms. The minimum atomic E-state index is -0.154. The van der Waals surface area contributed by atoms with E-state index in [1.165, 1.54) is 13.0 Å². The zero-order valence-electron chi connectivity index (χ0n) is 10.2. The van der Waals surface area contributed by atoms with E-state index in [2.05, 4.69) is 5.32 Å². The van der Waals surface area contributed by atoms with Gasteiger partial charge in [-0.15, -0.1) is 0 Å². The molecule has 0 bridgehead atoms. The first-order valence-corrected chi connectivity index (χ1v) is 5.25. The van der Waals surface area contributed by atoms with E-state index < -0.39 is 0 Å². The van der Waals surface area contributed by atoms with E-state index in [1.54, 1.807) is 35.4 Å². The van der Waals surface area contributed by atoms with E-state index in [1.807, 2.05) is 14.1 Å². The average molecular weight is 232 g/mol. The van der Waals surface area contributed by atoms with Crippen molar-refractivity contribution >= 4 is 17.4 Å². The standard InChI is InChI=1S/C13H16N2O2/c1-10(16)14-12-6-4-5-11(9-12)13(17)7-8-15(2)3/h4-9H,1-3H3,(H,14,16)/b8-7-. The molecule has 0 aliphatic heterocycles. The van der Waals surface area contributed by atoms with E-state index in [4.69, 9.17) is 0 Å². The molecule has 0 spiro atoms. The van der Waals surface area contributed by atoms with E-state index in [0.29, 0.717) is 11.3 Å². The number of benzene rings is 1. The molecule has 1 N–H and O–H groups in total. The fourth-order valence-corrected chi connectivity index (χ4v) is 1.27. The van der Waals surface area contributed by atoms with Crippen molar-refractivity contribution in [3.05, 3.63) is 42.1 Å². The van der Waals surface area contributed by atoms with Crippen molar-refractivity contribution in [1.29, 1.82) is 0 Å². The van der Waals surface area contributed by atoms with Gasteiger partial charge in [-0.1, -0.05) is 12.1 Å². The van der Waals surface area contributed by atoms with Gasteiger partial charge in [-0.2, -0.15) is 0 Å². The molecule has 1 rings (SSSR count). The van der Waals surface area contributed by atoms with Gasteiger partial charge in [0.15, 0.2) is 5.78 Å². The third-order valence-electron chi connectivity index (χ3n) is 1.99. The molecule has 4 nitrogen and oxygen atoms in total. The van der Waals surface area contributed by atoms with Crippen LogP contribution in [-0.2, 0) is 4.79 Å². The molecule has 1 aromatic rings. The van der Waals surface area contributed by atoms with Crippen LogP contribution >= 0.6 is 0 Å². The van der Waals surface area contributed by atoms with E-state index in [9.17, 15) is 9.59 Å². The molecular weight excluding hydrogens is 216 g/mol. The first-order valence-electron chi connectivity index (χ1n) is 5.25. The van der Waals surface area contributed by atoms with Crippen LogP contribution in [0.1, 0.15) is 17.3 Å². The number of carbonyl (C=O) groups excluding carboxylic acids is 2. The van der Waals surface area contributed by atoms with Crippen LogP contribution in [0.25, 0.3) is 0 Å². The van der Waals surface area contributed by atoms with Gasteiger partial charge in [0.1, 0.15) is 0 Å². The summed E-state index contributed by atoms with van der Waals surface area (Å²) in [6.07, 6.45) is 3.18. The zero-order chi connectivity index (χ0) is 12.8. The first kappa shape index (κ1) is 13.0. The normalized spacial score (nSPS) is 10.3. The predicted octanol–water partition coefficient (Wildman–Crippen LogP) is 1.90. The number of hydrogen-bond donors (Lipinski definition) is 1. The fraction of sp³-hybridized carbons (Fsp3) is 0.231. The molecule has 0 radical (unpaired) electrons. The molecule has 0 atom stereocenters. The highest BCUT2D eigenvalue weighted by Gasteiger charge is 2.03. The molecule has 0 heterocycles. The Morgan fingerprint density at radius 3 is 2.59 bits per heavy atom. The maximum absolute atomic E-state index is 11.8. The van der Waals surface area contributed by atoms with Crippen LogP contribution in [0.3, 0.4) is 0 Å². The Kier molecular flexibility index (Phi) is 4.46. The zero-order valence-corrected chi connectivity index (χ0v) is 10.2. The summed E-state index contributed by atoms with van der Waals surface area (Å²) in [5.74, 6) is -0.246. The third kappa shape index (κ3) is 4.51. The number of amides is 1. The van der Waals surface area contributed by atoms with Gasteiger partial charge in [0.25, 0.3) is 0 Å². The number of ketones is 1. The van der Waals surface area contributed by atoms with Gasteiger partial charge in [-0.05, 0) is 12.1 Å². The number of anilines is 1. The van der Waals surface area contributed by atoms with Crippen molar-refractivity contribution in [3.63, 3.8) is 0 Å². The molecular formula is C13H16N2O2. The van der Waals surface area contributed by atoms with Gasteiger partial charge in [-0.3, -0.25) is 9.59 Å². The van der Waals surface area contributed by atoms with Crippen LogP contribution in [0.15, 0.2) is 36.5 Å². The van der Waals surface area contributed by atoms with Crippen molar-refractivity contribution in [1.82, 2.24) is 4.90 Å². The summed E-state index contributed by atoms with van der Waals surface area (Å²) in [4.78, 5) is 24.4. The number of rotatable bonds is 4. The second-order valence-electron chi connectivity index (χ2n) is 3.91. The Labute approximate surface area is 101 Å². The smallest absolute Gasteiger partial charge is 0.221 e. The lowest BCUT2D eigenvalue weighted by atomic mass is 10.1. The molecule has 0 aromatic heterocycles. The van der Waals surface area contributed by atoms with Crippen molar-refractivity contribution in [2.75, 3.05) is 19.4 Å². The van der Waals surface area contributed by atoms with Crippen LogP contribution in [0.2, 0.25) is 0 Å². The van der Waals surface area contributed by atoms with Gasteiger partial charge in [0.2, 0.25) is 5.91 Å². The summed E-state index contributed by atoms with van der Waals surface area (Å²) in [5.41, 5.74) is 1.18. The summed E-state index contributed by atoms with van der Waals surface area (Å²) in [5, 5.41) is 2.64. The highest BCUT2D eigenvalue weighted by atomic mass is 16.1. The Morgan fingerprint density at radius 2 is 2.00 bits per heavy atom.